The van der Waals surface area contributed by atoms with Gasteiger partial charge in [0.2, 0.25) is 0 Å². The second kappa shape index (κ2) is 5.92. The van der Waals surface area contributed by atoms with E-state index in [2.05, 4.69) is 10.2 Å². The van der Waals surface area contributed by atoms with Gasteiger partial charge in [0.25, 0.3) is 5.56 Å². The molecule has 21 heavy (non-hydrogen) atoms. The zero-order valence-electron chi connectivity index (χ0n) is 11.5. The third-order valence-corrected chi connectivity index (χ3v) is 3.91. The number of sulfone groups is 1. The Hall–Kier alpha value is -2.41. The Kier molecular flexibility index (Phi) is 4.23. The molecule has 0 spiro atoms. The maximum atomic E-state index is 11.8. The van der Waals surface area contributed by atoms with E-state index >= 15 is 0 Å². The third kappa shape index (κ3) is 3.79. The smallest absolute Gasteiger partial charge is 0.264 e. The van der Waals surface area contributed by atoms with E-state index in [-0.39, 0.29) is 10.5 Å². The Morgan fingerprint density at radius 3 is 2.52 bits per heavy atom. The summed E-state index contributed by atoms with van der Waals surface area (Å²) in [5, 5.41) is 6.12. The number of nitrogens with zero attached hydrogens (tertiary/aromatic N) is 1. The van der Waals surface area contributed by atoms with E-state index in [4.69, 9.17) is 4.74 Å². The third-order valence-electron chi connectivity index (χ3n) is 2.75. The van der Waals surface area contributed by atoms with Crippen LogP contribution in [0.4, 0.5) is 0 Å². The largest absolute Gasteiger partial charge is 0.497 e. The van der Waals surface area contributed by atoms with E-state index in [9.17, 15) is 13.2 Å². The molecule has 7 heteroatoms. The maximum absolute atomic E-state index is 11.8. The molecule has 0 fully saturated rings. The van der Waals surface area contributed by atoms with Crippen LogP contribution in [0.5, 0.6) is 5.75 Å². The number of aromatic amines is 1. The first-order valence-electron chi connectivity index (χ1n) is 6.02. The van der Waals surface area contributed by atoms with Crippen molar-refractivity contribution in [3.05, 3.63) is 51.9 Å². The van der Waals surface area contributed by atoms with Crippen molar-refractivity contribution in [3.63, 3.8) is 0 Å². The first-order chi connectivity index (χ1) is 9.90. The highest BCUT2D eigenvalue weighted by atomic mass is 32.2. The Balaban J connectivity index is 2.44. The molecule has 0 aliphatic heterocycles. The summed E-state index contributed by atoms with van der Waals surface area (Å²) in [5.74, 6) is 0.467. The lowest BCUT2D eigenvalue weighted by Gasteiger charge is -2.06. The van der Waals surface area contributed by atoms with Crippen LogP contribution in [0, 0.1) is 0 Å². The fraction of sp³-hybridized carbons (Fsp3) is 0.143. The van der Waals surface area contributed by atoms with Crippen LogP contribution in [0.25, 0.3) is 12.2 Å². The molecule has 110 valence electrons. The van der Waals surface area contributed by atoms with Crippen LogP contribution in [-0.2, 0) is 9.84 Å². The van der Waals surface area contributed by atoms with Gasteiger partial charge in [-0.3, -0.25) is 4.79 Å². The minimum atomic E-state index is -3.39. The highest BCUT2D eigenvalue weighted by Crippen LogP contribution is 2.23. The zero-order valence-corrected chi connectivity index (χ0v) is 12.3. The van der Waals surface area contributed by atoms with Gasteiger partial charge in [-0.05, 0) is 35.9 Å². The first kappa shape index (κ1) is 15.0. The van der Waals surface area contributed by atoms with E-state index in [1.54, 1.807) is 30.4 Å². The van der Waals surface area contributed by atoms with Crippen molar-refractivity contribution in [1.82, 2.24) is 10.2 Å². The van der Waals surface area contributed by atoms with Gasteiger partial charge in [-0.2, -0.15) is 5.10 Å². The van der Waals surface area contributed by atoms with Crippen molar-refractivity contribution in [2.75, 3.05) is 13.4 Å². The van der Waals surface area contributed by atoms with Crippen molar-refractivity contribution in [2.45, 2.75) is 4.90 Å². The molecule has 2 aromatic rings. The number of rotatable bonds is 4. The minimum absolute atomic E-state index is 0.169. The zero-order chi connectivity index (χ0) is 15.5. The lowest BCUT2D eigenvalue weighted by Crippen LogP contribution is -2.05. The normalized spacial score (nSPS) is 11.7. The van der Waals surface area contributed by atoms with Gasteiger partial charge < -0.3 is 4.74 Å². The van der Waals surface area contributed by atoms with Crippen LogP contribution in [0.1, 0.15) is 11.3 Å². The Morgan fingerprint density at radius 1 is 1.19 bits per heavy atom. The molecule has 2 rings (SSSR count). The van der Waals surface area contributed by atoms with Crippen LogP contribution in [0.3, 0.4) is 0 Å². The molecule has 0 saturated heterocycles. The van der Waals surface area contributed by atoms with Crippen molar-refractivity contribution in [1.29, 1.82) is 0 Å². The summed E-state index contributed by atoms with van der Waals surface area (Å²) in [6.07, 6.45) is 4.38. The van der Waals surface area contributed by atoms with Crippen molar-refractivity contribution < 1.29 is 13.2 Å². The first-order valence-corrected chi connectivity index (χ1v) is 7.91. The van der Waals surface area contributed by atoms with Crippen molar-refractivity contribution in [2.24, 2.45) is 0 Å². The van der Waals surface area contributed by atoms with E-state index in [0.717, 1.165) is 6.26 Å². The van der Waals surface area contributed by atoms with Crippen LogP contribution < -0.4 is 10.3 Å². The molecule has 0 amide bonds. The fourth-order valence-electron chi connectivity index (χ4n) is 1.72. The number of nitrogens with one attached hydrogen (secondary N) is 1. The minimum Gasteiger partial charge on any atom is -0.497 e. The Morgan fingerprint density at radius 2 is 1.95 bits per heavy atom. The van der Waals surface area contributed by atoms with Gasteiger partial charge >= 0.3 is 0 Å². The van der Waals surface area contributed by atoms with Gasteiger partial charge in [0, 0.05) is 12.3 Å². The molecular formula is C14H14N2O4S. The second-order valence-corrected chi connectivity index (χ2v) is 6.34. The number of methoxy groups -OCH3 is 1. The van der Waals surface area contributed by atoms with Crippen LogP contribution in [-0.4, -0.2) is 32.0 Å². The van der Waals surface area contributed by atoms with Crippen LogP contribution >= 0.6 is 0 Å². The summed E-state index contributed by atoms with van der Waals surface area (Å²) in [4.78, 5) is 11.1. The van der Waals surface area contributed by atoms with Gasteiger partial charge in [0.1, 0.15) is 5.75 Å². The van der Waals surface area contributed by atoms with Crippen LogP contribution in [0.2, 0.25) is 0 Å². The molecule has 0 aliphatic carbocycles. The summed E-state index contributed by atoms with van der Waals surface area (Å²) < 4.78 is 28.7. The summed E-state index contributed by atoms with van der Waals surface area (Å²) in [6.45, 7) is 0. The standard InChI is InChI=1S/C14H14N2O4S/c1-20-12-7-4-10(13(9-12)21(2,18)19)3-5-11-6-8-14(17)16-15-11/h3-9H,1-2H3,(H,16,17). The topological polar surface area (TPSA) is 89.1 Å². The summed E-state index contributed by atoms with van der Waals surface area (Å²) in [6, 6.07) is 7.68. The molecule has 1 aromatic heterocycles. The van der Waals surface area contributed by atoms with Gasteiger partial charge in [0.05, 0.1) is 17.7 Å². The molecule has 1 N–H and O–H groups in total. The maximum Gasteiger partial charge on any atom is 0.264 e. The van der Waals surface area contributed by atoms with Crippen molar-refractivity contribution in [3.8, 4) is 5.75 Å². The molecule has 0 radical (unpaired) electrons. The number of ether oxygens (including phenoxy) is 1. The number of aromatic nitrogens is 2. The highest BCUT2D eigenvalue weighted by Gasteiger charge is 2.12. The van der Waals surface area contributed by atoms with Gasteiger partial charge in [0.15, 0.2) is 9.84 Å². The van der Waals surface area contributed by atoms with E-state index in [0.29, 0.717) is 17.0 Å². The summed E-state index contributed by atoms with van der Waals surface area (Å²) in [5.41, 5.74) is 0.740. The van der Waals surface area contributed by atoms with E-state index < -0.39 is 9.84 Å². The van der Waals surface area contributed by atoms with Gasteiger partial charge in [-0.1, -0.05) is 6.08 Å². The quantitative estimate of drug-likeness (QED) is 0.921. The van der Waals surface area contributed by atoms with Crippen molar-refractivity contribution >= 4 is 22.0 Å². The fourth-order valence-corrected chi connectivity index (χ4v) is 2.62. The predicted molar refractivity (Wildman–Crippen MR) is 79.9 cm³/mol. The SMILES string of the molecule is COc1ccc(C=Cc2ccc(=O)[nH]n2)c(S(C)(=O)=O)c1. The number of benzene rings is 1. The summed E-state index contributed by atoms with van der Waals surface area (Å²) >= 11 is 0. The van der Waals surface area contributed by atoms with Crippen LogP contribution in [0.15, 0.2) is 40.0 Å². The number of hydrogen-bond acceptors (Lipinski definition) is 5. The molecule has 1 heterocycles. The lowest BCUT2D eigenvalue weighted by atomic mass is 10.2. The Bertz CT molecular complexity index is 818. The highest BCUT2D eigenvalue weighted by molar-refractivity contribution is 7.90. The second-order valence-electron chi connectivity index (χ2n) is 4.36. The predicted octanol–water partition coefficient (Wildman–Crippen LogP) is 1.35. The molecular weight excluding hydrogens is 292 g/mol. The van der Waals surface area contributed by atoms with E-state index in [1.165, 1.54) is 19.2 Å². The van der Waals surface area contributed by atoms with Gasteiger partial charge in [-0.25, -0.2) is 13.5 Å². The monoisotopic (exact) mass is 306 g/mol. The molecule has 0 aliphatic rings. The van der Waals surface area contributed by atoms with Gasteiger partial charge in [-0.15, -0.1) is 0 Å². The molecule has 0 unspecified atom stereocenters. The molecule has 0 bridgehead atoms. The molecule has 0 saturated carbocycles. The average Bonchev–Trinajstić information content (AvgIpc) is 2.45. The summed E-state index contributed by atoms with van der Waals surface area (Å²) in [7, 11) is -1.91. The average molecular weight is 306 g/mol. The Labute approximate surface area is 122 Å². The number of H-pyrrole nitrogens is 1. The molecule has 1 aromatic carbocycles. The van der Waals surface area contributed by atoms with E-state index in [1.807, 2.05) is 0 Å². The molecule has 0 atom stereocenters. The molecule has 6 nitrogen and oxygen atoms in total. The number of hydrogen-bond donors (Lipinski definition) is 1. The lowest BCUT2D eigenvalue weighted by molar-refractivity contribution is 0.413.